The number of nitrogens with zero attached hydrogens (tertiary/aromatic N) is 4. The monoisotopic (exact) mass is 567 g/mol. The van der Waals surface area contributed by atoms with E-state index in [9.17, 15) is 8.78 Å². The number of aromatic nitrogens is 2. The fourth-order valence-electron chi connectivity index (χ4n) is 8.11. The van der Waals surface area contributed by atoms with E-state index in [1.807, 2.05) is 24.3 Å². The number of benzene rings is 3. The Balaban J connectivity index is 1.25. The predicted octanol–water partition coefficient (Wildman–Crippen LogP) is 6.13. The van der Waals surface area contributed by atoms with Crippen molar-refractivity contribution in [1.29, 1.82) is 0 Å². The van der Waals surface area contributed by atoms with Crippen LogP contribution < -0.4 is 15.0 Å². The number of anilines is 1. The van der Waals surface area contributed by atoms with Crippen molar-refractivity contribution in [3.05, 3.63) is 66.5 Å². The molecular weight excluding hydrogens is 532 g/mol. The van der Waals surface area contributed by atoms with E-state index in [1.54, 1.807) is 6.08 Å². The van der Waals surface area contributed by atoms with Gasteiger partial charge in [-0.05, 0) is 72.3 Å². The molecule has 3 aromatic carbocycles. The van der Waals surface area contributed by atoms with Crippen molar-refractivity contribution < 1.29 is 13.5 Å². The molecule has 4 aliphatic rings. The molecule has 2 bridgehead atoms. The topological polar surface area (TPSA) is 53.5 Å². The lowest BCUT2D eigenvalue weighted by molar-refractivity contribution is 0.107. The van der Waals surface area contributed by atoms with Crippen molar-refractivity contribution in [3.63, 3.8) is 0 Å². The lowest BCUT2D eigenvalue weighted by Gasteiger charge is -2.37. The number of piperazine rings is 1. The van der Waals surface area contributed by atoms with E-state index < -0.39 is 6.17 Å². The molecule has 5 heterocycles. The summed E-state index contributed by atoms with van der Waals surface area (Å²) in [5.41, 5.74) is 2.87. The Kier molecular flexibility index (Phi) is 6.19. The standard InChI is InChI=1S/C34H35F2N5O/c1-2-26-29(36)12-8-21-5-3-6-27(31(21)26)22-7-11-28-30(15-22)38-33(39-32(28)41-24-9-10-25(41)18-37-17-24)42-20-34-13-4-14-40(34)19-23(35)16-34/h2-3,5-8,11-12,15,23-25,37H,1,4,9-10,13-14,16-20H2/t23-,24-,25+,34+/m1/s1. The van der Waals surface area contributed by atoms with E-state index in [2.05, 4.69) is 39.9 Å². The molecule has 42 heavy (non-hydrogen) atoms. The maximum absolute atomic E-state index is 14.8. The van der Waals surface area contributed by atoms with E-state index >= 15 is 0 Å². The van der Waals surface area contributed by atoms with E-state index in [1.165, 1.54) is 6.07 Å². The Morgan fingerprint density at radius 1 is 1.10 bits per heavy atom. The van der Waals surface area contributed by atoms with Gasteiger partial charge in [0.25, 0.3) is 0 Å². The number of fused-ring (bicyclic) bond motifs is 5. The van der Waals surface area contributed by atoms with Crippen molar-refractivity contribution in [2.24, 2.45) is 0 Å². The van der Waals surface area contributed by atoms with Crippen LogP contribution in [0.15, 0.2) is 55.1 Å². The lowest BCUT2D eigenvalue weighted by atomic mass is 9.93. The summed E-state index contributed by atoms with van der Waals surface area (Å²) in [7, 11) is 0. The van der Waals surface area contributed by atoms with Crippen molar-refractivity contribution >= 4 is 33.6 Å². The third-order valence-electron chi connectivity index (χ3n) is 10.1. The van der Waals surface area contributed by atoms with Gasteiger partial charge in [0.1, 0.15) is 24.4 Å². The molecule has 1 N–H and O–H groups in total. The van der Waals surface area contributed by atoms with Gasteiger partial charge >= 0.3 is 6.01 Å². The van der Waals surface area contributed by atoms with Gasteiger partial charge in [-0.25, -0.2) is 8.78 Å². The second-order valence-corrected chi connectivity index (χ2v) is 12.4. The number of ether oxygens (including phenoxy) is 1. The maximum atomic E-state index is 14.8. The molecule has 4 aliphatic heterocycles. The highest BCUT2D eigenvalue weighted by molar-refractivity contribution is 6.04. The summed E-state index contributed by atoms with van der Waals surface area (Å²) in [5, 5.41) is 6.33. The molecule has 0 radical (unpaired) electrons. The Labute approximate surface area is 244 Å². The second-order valence-electron chi connectivity index (χ2n) is 12.4. The number of hydrogen-bond donors (Lipinski definition) is 1. The minimum Gasteiger partial charge on any atom is -0.461 e. The van der Waals surface area contributed by atoms with E-state index in [0.29, 0.717) is 43.2 Å². The van der Waals surface area contributed by atoms with Gasteiger partial charge in [-0.2, -0.15) is 9.97 Å². The molecule has 4 fully saturated rings. The fourth-order valence-corrected chi connectivity index (χ4v) is 8.11. The number of nitrogens with one attached hydrogen (secondary N) is 1. The van der Waals surface area contributed by atoms with Crippen LogP contribution in [-0.4, -0.2) is 71.4 Å². The summed E-state index contributed by atoms with van der Waals surface area (Å²) in [6.45, 7) is 7.53. The third-order valence-corrected chi connectivity index (χ3v) is 10.1. The van der Waals surface area contributed by atoms with Gasteiger partial charge in [0.05, 0.1) is 11.1 Å². The zero-order chi connectivity index (χ0) is 28.4. The number of halogens is 2. The van der Waals surface area contributed by atoms with E-state index in [0.717, 1.165) is 83.9 Å². The summed E-state index contributed by atoms with van der Waals surface area (Å²) in [6.07, 6.45) is 5.52. The van der Waals surface area contributed by atoms with Crippen LogP contribution in [0.2, 0.25) is 0 Å². The van der Waals surface area contributed by atoms with Gasteiger partial charge in [0.15, 0.2) is 0 Å². The highest BCUT2D eigenvalue weighted by Gasteiger charge is 2.49. The first-order valence-corrected chi connectivity index (χ1v) is 15.2. The van der Waals surface area contributed by atoms with Crippen LogP contribution in [-0.2, 0) is 0 Å². The van der Waals surface area contributed by atoms with E-state index in [-0.39, 0.29) is 11.4 Å². The molecule has 4 atom stereocenters. The van der Waals surface area contributed by atoms with Crippen LogP contribution >= 0.6 is 0 Å². The fraction of sp³-hybridized carbons (Fsp3) is 0.412. The van der Waals surface area contributed by atoms with Crippen LogP contribution in [0.5, 0.6) is 6.01 Å². The number of rotatable bonds is 6. The summed E-state index contributed by atoms with van der Waals surface area (Å²) >= 11 is 0. The van der Waals surface area contributed by atoms with Gasteiger partial charge in [-0.1, -0.05) is 43.0 Å². The average Bonchev–Trinajstić information content (AvgIpc) is 3.61. The SMILES string of the molecule is C=Cc1c(F)ccc2cccc(-c3ccc4c(N5[C@@H]6CC[C@H]5CNC6)nc(OC[C@@]56CCCN5C[C@H](F)C6)nc4c3)c12. The Bertz CT molecular complexity index is 1690. The average molecular weight is 568 g/mol. The smallest absolute Gasteiger partial charge is 0.319 e. The minimum absolute atomic E-state index is 0.276. The Morgan fingerprint density at radius 2 is 1.95 bits per heavy atom. The normalized spacial score (nSPS) is 27.2. The zero-order valence-corrected chi connectivity index (χ0v) is 23.7. The zero-order valence-electron chi connectivity index (χ0n) is 23.7. The molecule has 0 spiro atoms. The maximum Gasteiger partial charge on any atom is 0.319 e. The van der Waals surface area contributed by atoms with Crippen LogP contribution in [0.3, 0.4) is 0 Å². The quantitative estimate of drug-likeness (QED) is 0.303. The highest BCUT2D eigenvalue weighted by Crippen LogP contribution is 2.42. The van der Waals surface area contributed by atoms with Crippen molar-refractivity contribution in [2.45, 2.75) is 55.9 Å². The van der Waals surface area contributed by atoms with Crippen molar-refractivity contribution in [1.82, 2.24) is 20.2 Å². The van der Waals surface area contributed by atoms with Gasteiger partial charge in [0.2, 0.25) is 0 Å². The van der Waals surface area contributed by atoms with E-state index in [4.69, 9.17) is 14.7 Å². The first-order valence-electron chi connectivity index (χ1n) is 15.2. The summed E-state index contributed by atoms with van der Waals surface area (Å²) < 4.78 is 35.7. The molecule has 0 saturated carbocycles. The molecule has 4 aromatic rings. The highest BCUT2D eigenvalue weighted by atomic mass is 19.1. The van der Waals surface area contributed by atoms with Gasteiger partial charge in [-0.15, -0.1) is 0 Å². The lowest BCUT2D eigenvalue weighted by Crippen LogP contribution is -2.52. The largest absolute Gasteiger partial charge is 0.461 e. The second kappa shape index (κ2) is 9.99. The van der Waals surface area contributed by atoms with Gasteiger partial charge < -0.3 is 15.0 Å². The molecule has 8 heteroatoms. The van der Waals surface area contributed by atoms with Gasteiger partial charge in [-0.3, -0.25) is 4.90 Å². The molecule has 1 aromatic heterocycles. The number of hydrogen-bond acceptors (Lipinski definition) is 6. The third kappa shape index (κ3) is 4.10. The first-order chi connectivity index (χ1) is 20.5. The summed E-state index contributed by atoms with van der Waals surface area (Å²) in [4.78, 5) is 14.7. The molecule has 216 valence electrons. The summed E-state index contributed by atoms with van der Waals surface area (Å²) in [5.74, 6) is 0.616. The predicted molar refractivity (Wildman–Crippen MR) is 163 cm³/mol. The molecule has 0 aliphatic carbocycles. The molecular formula is C34H35F2N5O. The Morgan fingerprint density at radius 3 is 2.79 bits per heavy atom. The summed E-state index contributed by atoms with van der Waals surface area (Å²) in [6, 6.07) is 16.7. The molecule has 0 unspecified atom stereocenters. The van der Waals surface area contributed by atoms with Crippen molar-refractivity contribution in [2.75, 3.05) is 37.7 Å². The first kappa shape index (κ1) is 26.0. The van der Waals surface area contributed by atoms with Crippen LogP contribution in [0.25, 0.3) is 38.9 Å². The number of alkyl halides is 1. The van der Waals surface area contributed by atoms with Crippen LogP contribution in [0.4, 0.5) is 14.6 Å². The van der Waals surface area contributed by atoms with Gasteiger partial charge in [0, 0.05) is 49.1 Å². The molecule has 6 nitrogen and oxygen atoms in total. The minimum atomic E-state index is -0.813. The molecule has 4 saturated heterocycles. The molecule has 0 amide bonds. The van der Waals surface area contributed by atoms with Crippen molar-refractivity contribution in [3.8, 4) is 17.1 Å². The van der Waals surface area contributed by atoms with Crippen LogP contribution in [0, 0.1) is 5.82 Å². The Hall–Kier alpha value is -3.62. The van der Waals surface area contributed by atoms with Crippen LogP contribution in [0.1, 0.15) is 37.7 Å². The molecule has 8 rings (SSSR count).